The number of nitro groups is 1. The highest BCUT2D eigenvalue weighted by molar-refractivity contribution is 6.25. The van der Waals surface area contributed by atoms with E-state index in [4.69, 9.17) is 0 Å². The zero-order valence-corrected chi connectivity index (χ0v) is 16.5. The topological polar surface area (TPSA) is 110 Å². The summed E-state index contributed by atoms with van der Waals surface area (Å²) >= 11 is 0. The fourth-order valence-corrected chi connectivity index (χ4v) is 4.05. The largest absolute Gasteiger partial charge is 0.319 e. The number of hydrogen-bond donors (Lipinski definition) is 1. The second kappa shape index (κ2) is 7.75. The van der Waals surface area contributed by atoms with Gasteiger partial charge in [0.15, 0.2) is 0 Å². The first-order chi connectivity index (χ1) is 14.8. The molecule has 1 saturated heterocycles. The number of rotatable bonds is 4. The molecule has 0 unspecified atom stereocenters. The van der Waals surface area contributed by atoms with Gasteiger partial charge >= 0.3 is 0 Å². The Balaban J connectivity index is 1.66. The molecular formula is C22H18FN3O5. The monoisotopic (exact) mass is 423 g/mol. The Morgan fingerprint density at radius 1 is 1.16 bits per heavy atom. The molecule has 0 aromatic heterocycles. The summed E-state index contributed by atoms with van der Waals surface area (Å²) < 4.78 is 14.1. The Kier molecular flexibility index (Phi) is 5.10. The van der Waals surface area contributed by atoms with Crippen LogP contribution >= 0.6 is 0 Å². The molecule has 1 heterocycles. The van der Waals surface area contributed by atoms with Crippen LogP contribution in [-0.4, -0.2) is 22.6 Å². The van der Waals surface area contributed by atoms with Gasteiger partial charge in [-0.1, -0.05) is 23.8 Å². The number of non-ortho nitro benzene ring substituents is 1. The van der Waals surface area contributed by atoms with Gasteiger partial charge in [0, 0.05) is 12.1 Å². The highest BCUT2D eigenvalue weighted by atomic mass is 19.1. The van der Waals surface area contributed by atoms with Crippen LogP contribution in [0.3, 0.4) is 0 Å². The van der Waals surface area contributed by atoms with Gasteiger partial charge in [-0.2, -0.15) is 0 Å². The number of para-hydroxylation sites is 1. The normalized spacial score (nSPS) is 20.3. The van der Waals surface area contributed by atoms with E-state index in [9.17, 15) is 28.9 Å². The van der Waals surface area contributed by atoms with Crippen LogP contribution in [0, 0.1) is 27.8 Å². The lowest BCUT2D eigenvalue weighted by atomic mass is 9.82. The molecule has 9 heteroatoms. The van der Waals surface area contributed by atoms with Crippen molar-refractivity contribution >= 4 is 34.8 Å². The maximum atomic E-state index is 14.1. The minimum absolute atomic E-state index is 0.0153. The van der Waals surface area contributed by atoms with Crippen LogP contribution in [0.4, 0.5) is 21.5 Å². The molecule has 2 aromatic carbocycles. The number of amides is 3. The maximum Gasteiger partial charge on any atom is 0.271 e. The van der Waals surface area contributed by atoms with Gasteiger partial charge in [0.05, 0.1) is 33.7 Å². The molecule has 0 saturated carbocycles. The smallest absolute Gasteiger partial charge is 0.271 e. The number of nitrogens with one attached hydrogen (secondary N) is 1. The summed E-state index contributed by atoms with van der Waals surface area (Å²) in [6.07, 6.45) is 2.89. The quantitative estimate of drug-likeness (QED) is 0.348. The predicted molar refractivity (Wildman–Crippen MR) is 110 cm³/mol. The molecular weight excluding hydrogens is 405 g/mol. The highest BCUT2D eigenvalue weighted by Crippen LogP contribution is 2.40. The van der Waals surface area contributed by atoms with Gasteiger partial charge in [0.2, 0.25) is 11.8 Å². The SMILES string of the molecule is CC1=CC[C@@H]2C(=O)N(c3ccccc3C(=O)Nc3cc([N+](=O)[O-])ccc3F)C(=O)[C@@H]2C1. The van der Waals surface area contributed by atoms with Crippen LogP contribution in [0.1, 0.15) is 30.1 Å². The van der Waals surface area contributed by atoms with Crippen molar-refractivity contribution in [2.24, 2.45) is 11.8 Å². The molecule has 0 spiro atoms. The van der Waals surface area contributed by atoms with Gasteiger partial charge in [-0.25, -0.2) is 9.29 Å². The Morgan fingerprint density at radius 2 is 1.87 bits per heavy atom. The molecule has 2 aliphatic rings. The van der Waals surface area contributed by atoms with E-state index in [-0.39, 0.29) is 34.4 Å². The average molecular weight is 423 g/mol. The number of nitro benzene ring substituents is 1. The van der Waals surface area contributed by atoms with E-state index < -0.39 is 28.5 Å². The second-order valence-electron chi connectivity index (χ2n) is 7.61. The average Bonchev–Trinajstić information content (AvgIpc) is 2.99. The Hall–Kier alpha value is -3.88. The molecule has 8 nitrogen and oxygen atoms in total. The summed E-state index contributed by atoms with van der Waals surface area (Å²) in [4.78, 5) is 50.2. The summed E-state index contributed by atoms with van der Waals surface area (Å²) in [5.41, 5.74) is 0.367. The number of carbonyl (C=O) groups excluding carboxylic acids is 3. The molecule has 0 bridgehead atoms. The lowest BCUT2D eigenvalue weighted by Gasteiger charge is -2.19. The lowest BCUT2D eigenvalue weighted by molar-refractivity contribution is -0.384. The van der Waals surface area contributed by atoms with Gasteiger partial charge in [0.25, 0.3) is 11.6 Å². The number of imide groups is 1. The number of benzene rings is 2. The molecule has 1 aliphatic carbocycles. The molecule has 0 radical (unpaired) electrons. The van der Waals surface area contributed by atoms with Crippen molar-refractivity contribution in [3.05, 3.63) is 75.6 Å². The van der Waals surface area contributed by atoms with Crippen LogP contribution in [0.15, 0.2) is 54.1 Å². The van der Waals surface area contributed by atoms with Crippen LogP contribution in [0.5, 0.6) is 0 Å². The summed E-state index contributed by atoms with van der Waals surface area (Å²) in [7, 11) is 0. The Labute approximate surface area is 176 Å². The Morgan fingerprint density at radius 3 is 2.61 bits per heavy atom. The Bertz CT molecular complexity index is 1160. The third kappa shape index (κ3) is 3.58. The van der Waals surface area contributed by atoms with Gasteiger partial charge < -0.3 is 5.32 Å². The van der Waals surface area contributed by atoms with Crippen molar-refractivity contribution in [1.82, 2.24) is 0 Å². The van der Waals surface area contributed by atoms with Crippen molar-refractivity contribution < 1.29 is 23.7 Å². The van der Waals surface area contributed by atoms with Crippen molar-refractivity contribution in [1.29, 1.82) is 0 Å². The summed E-state index contributed by atoms with van der Waals surface area (Å²) in [5.74, 6) is -3.33. The number of fused-ring (bicyclic) bond motifs is 1. The molecule has 2 aromatic rings. The summed E-state index contributed by atoms with van der Waals surface area (Å²) in [6, 6.07) is 8.80. The van der Waals surface area contributed by atoms with Gasteiger partial charge in [0.1, 0.15) is 5.82 Å². The first kappa shape index (κ1) is 20.4. The molecule has 1 N–H and O–H groups in total. The van der Waals surface area contributed by atoms with E-state index in [1.54, 1.807) is 12.1 Å². The summed E-state index contributed by atoms with van der Waals surface area (Å²) in [5, 5.41) is 13.3. The molecule has 2 atom stereocenters. The predicted octanol–water partition coefficient (Wildman–Crippen LogP) is 3.83. The number of carbonyl (C=O) groups is 3. The number of halogens is 1. The van der Waals surface area contributed by atoms with E-state index in [1.807, 2.05) is 13.0 Å². The fraction of sp³-hybridized carbons (Fsp3) is 0.227. The van der Waals surface area contributed by atoms with Crippen molar-refractivity contribution in [3.63, 3.8) is 0 Å². The maximum absolute atomic E-state index is 14.1. The minimum atomic E-state index is -0.850. The molecule has 158 valence electrons. The first-order valence-corrected chi connectivity index (χ1v) is 9.65. The third-order valence-electron chi connectivity index (χ3n) is 5.62. The molecule has 31 heavy (non-hydrogen) atoms. The van der Waals surface area contributed by atoms with Crippen LogP contribution in [0.2, 0.25) is 0 Å². The number of allylic oxidation sites excluding steroid dienone is 2. The zero-order valence-electron chi connectivity index (χ0n) is 16.5. The zero-order chi connectivity index (χ0) is 22.3. The van der Waals surface area contributed by atoms with E-state index in [0.29, 0.717) is 12.8 Å². The van der Waals surface area contributed by atoms with Crippen molar-refractivity contribution in [3.8, 4) is 0 Å². The van der Waals surface area contributed by atoms with Crippen LogP contribution < -0.4 is 10.2 Å². The lowest BCUT2D eigenvalue weighted by Crippen LogP contribution is -2.33. The molecule has 1 fully saturated rings. The molecule has 1 aliphatic heterocycles. The molecule has 3 amide bonds. The van der Waals surface area contributed by atoms with E-state index in [2.05, 4.69) is 5.32 Å². The van der Waals surface area contributed by atoms with E-state index >= 15 is 0 Å². The first-order valence-electron chi connectivity index (χ1n) is 9.65. The second-order valence-corrected chi connectivity index (χ2v) is 7.61. The van der Waals surface area contributed by atoms with Gasteiger partial charge in [-0.05, 0) is 38.0 Å². The van der Waals surface area contributed by atoms with E-state index in [1.165, 1.54) is 12.1 Å². The van der Waals surface area contributed by atoms with Crippen LogP contribution in [-0.2, 0) is 9.59 Å². The standard InChI is InChI=1S/C22H18FN3O5/c1-12-6-8-14-16(10-12)22(29)25(21(14)28)19-5-3-2-4-15(19)20(27)24-18-11-13(26(30)31)7-9-17(18)23/h2-7,9,11,14,16H,8,10H2,1H3,(H,24,27)/t14-,16+/m0/s1. The molecule has 4 rings (SSSR count). The summed E-state index contributed by atoms with van der Waals surface area (Å²) in [6.45, 7) is 1.91. The minimum Gasteiger partial charge on any atom is -0.319 e. The number of anilines is 2. The van der Waals surface area contributed by atoms with E-state index in [0.717, 1.165) is 28.7 Å². The number of hydrogen-bond acceptors (Lipinski definition) is 5. The van der Waals surface area contributed by atoms with Crippen molar-refractivity contribution in [2.75, 3.05) is 10.2 Å². The van der Waals surface area contributed by atoms with Gasteiger partial charge in [-0.3, -0.25) is 24.5 Å². The highest BCUT2D eigenvalue weighted by Gasteiger charge is 2.49. The fourth-order valence-electron chi connectivity index (χ4n) is 4.05. The number of nitrogens with zero attached hydrogens (tertiary/aromatic N) is 2. The third-order valence-corrected chi connectivity index (χ3v) is 5.62. The van der Waals surface area contributed by atoms with Crippen molar-refractivity contribution in [2.45, 2.75) is 19.8 Å². The van der Waals surface area contributed by atoms with Gasteiger partial charge in [-0.15, -0.1) is 0 Å². The van der Waals surface area contributed by atoms with Crippen LogP contribution in [0.25, 0.3) is 0 Å².